The van der Waals surface area contributed by atoms with Crippen LogP contribution >= 0.6 is 22.7 Å². The Labute approximate surface area is 205 Å². The molecule has 0 saturated carbocycles. The number of hydrogen-bond donors (Lipinski definition) is 1. The molecule has 1 N–H and O–H groups in total. The van der Waals surface area contributed by atoms with E-state index < -0.39 is 21.7 Å². The number of thiophene rings is 1. The van der Waals surface area contributed by atoms with Gasteiger partial charge in [-0.1, -0.05) is 25.1 Å². The lowest BCUT2D eigenvalue weighted by molar-refractivity contribution is 0.0531. The highest BCUT2D eigenvalue weighted by atomic mass is 32.2. The van der Waals surface area contributed by atoms with Crippen LogP contribution < -0.4 is 5.32 Å². The van der Waals surface area contributed by atoms with Crippen LogP contribution in [-0.2, 0) is 14.6 Å². The van der Waals surface area contributed by atoms with Crippen LogP contribution in [0, 0.1) is 6.92 Å². The quantitative estimate of drug-likeness (QED) is 0.324. The molecule has 7 nitrogen and oxygen atoms in total. The lowest BCUT2D eigenvalue weighted by Gasteiger charge is -2.07. The van der Waals surface area contributed by atoms with Crippen molar-refractivity contribution in [2.45, 2.75) is 25.7 Å². The molecule has 0 atom stereocenters. The summed E-state index contributed by atoms with van der Waals surface area (Å²) in [5.74, 6) is -1.01. The summed E-state index contributed by atoms with van der Waals surface area (Å²) in [7, 11) is -3.46. The molecule has 0 aliphatic carbocycles. The van der Waals surface area contributed by atoms with E-state index >= 15 is 0 Å². The van der Waals surface area contributed by atoms with Crippen molar-refractivity contribution in [3.05, 3.63) is 64.5 Å². The molecular formula is C24H22N2O5S3. The normalized spacial score (nSPS) is 11.5. The first kappa shape index (κ1) is 24.1. The summed E-state index contributed by atoms with van der Waals surface area (Å²) < 4.78 is 30.7. The number of aromatic nitrogens is 1. The number of ether oxygens (including phenoxy) is 1. The number of carbonyl (C=O) groups excluding carboxylic acids is 2. The van der Waals surface area contributed by atoms with Gasteiger partial charge >= 0.3 is 5.97 Å². The Morgan fingerprint density at radius 2 is 1.82 bits per heavy atom. The summed E-state index contributed by atoms with van der Waals surface area (Å²) in [5, 5.41) is 3.99. The van der Waals surface area contributed by atoms with Crippen LogP contribution in [0.4, 0.5) is 5.00 Å². The van der Waals surface area contributed by atoms with Gasteiger partial charge in [-0.2, -0.15) is 0 Å². The van der Waals surface area contributed by atoms with E-state index in [0.29, 0.717) is 26.0 Å². The van der Waals surface area contributed by atoms with E-state index in [2.05, 4.69) is 5.32 Å². The molecule has 1 amide bonds. The molecule has 2 aromatic heterocycles. The fourth-order valence-corrected chi connectivity index (χ4v) is 6.56. The second kappa shape index (κ2) is 9.65. The van der Waals surface area contributed by atoms with Crippen LogP contribution in [0.3, 0.4) is 0 Å². The van der Waals surface area contributed by atoms with E-state index in [-0.39, 0.29) is 22.8 Å². The van der Waals surface area contributed by atoms with Crippen molar-refractivity contribution < 1.29 is 22.7 Å². The zero-order valence-electron chi connectivity index (χ0n) is 18.7. The molecule has 0 radical (unpaired) electrons. The van der Waals surface area contributed by atoms with Gasteiger partial charge in [0.1, 0.15) is 14.9 Å². The summed E-state index contributed by atoms with van der Waals surface area (Å²) in [5.41, 5.74) is 2.34. The van der Waals surface area contributed by atoms with Crippen LogP contribution in [0.15, 0.2) is 53.4 Å². The van der Waals surface area contributed by atoms with Crippen molar-refractivity contribution in [3.63, 3.8) is 0 Å². The van der Waals surface area contributed by atoms with Crippen LogP contribution in [-0.4, -0.2) is 37.6 Å². The number of sulfone groups is 1. The Balaban J connectivity index is 1.78. The number of para-hydroxylation sites is 1. The molecule has 10 heteroatoms. The monoisotopic (exact) mass is 514 g/mol. The second-order valence-corrected chi connectivity index (χ2v) is 11.7. The summed E-state index contributed by atoms with van der Waals surface area (Å²) >= 11 is 2.58. The number of nitrogens with one attached hydrogen (secondary N) is 1. The lowest BCUT2D eigenvalue weighted by Crippen LogP contribution is -2.13. The number of anilines is 1. The fourth-order valence-electron chi connectivity index (χ4n) is 3.40. The van der Waals surface area contributed by atoms with Gasteiger partial charge in [0.25, 0.3) is 5.91 Å². The third-order valence-electron chi connectivity index (χ3n) is 5.18. The molecule has 0 aliphatic rings. The average Bonchev–Trinajstić information content (AvgIpc) is 3.39. The predicted octanol–water partition coefficient (Wildman–Crippen LogP) is 5.56. The minimum atomic E-state index is -3.46. The zero-order chi connectivity index (χ0) is 24.5. The number of amides is 1. The predicted molar refractivity (Wildman–Crippen MR) is 136 cm³/mol. The zero-order valence-corrected chi connectivity index (χ0v) is 21.2. The minimum absolute atomic E-state index is 0.0627. The van der Waals surface area contributed by atoms with E-state index in [0.717, 1.165) is 21.6 Å². The first-order valence-electron chi connectivity index (χ1n) is 10.6. The number of fused-ring (bicyclic) bond motifs is 1. The Morgan fingerprint density at radius 1 is 1.06 bits per heavy atom. The first-order valence-corrected chi connectivity index (χ1v) is 13.8. The van der Waals surface area contributed by atoms with Gasteiger partial charge in [0.15, 0.2) is 9.84 Å². The van der Waals surface area contributed by atoms with Crippen molar-refractivity contribution in [1.82, 2.24) is 4.98 Å². The van der Waals surface area contributed by atoms with Crippen LogP contribution in [0.1, 0.15) is 39.4 Å². The summed E-state index contributed by atoms with van der Waals surface area (Å²) in [6.45, 7) is 5.31. The number of nitrogens with zero attached hydrogens (tertiary/aromatic N) is 1. The molecule has 0 saturated heterocycles. The maximum Gasteiger partial charge on any atom is 0.348 e. The Morgan fingerprint density at radius 3 is 2.53 bits per heavy atom. The van der Waals surface area contributed by atoms with Crippen molar-refractivity contribution in [2.75, 3.05) is 17.7 Å². The van der Waals surface area contributed by atoms with Crippen molar-refractivity contribution in [2.24, 2.45) is 0 Å². The van der Waals surface area contributed by atoms with Crippen LogP contribution in [0.25, 0.3) is 20.8 Å². The molecular weight excluding hydrogens is 492 g/mol. The van der Waals surface area contributed by atoms with Gasteiger partial charge in [-0.15, -0.1) is 22.7 Å². The average molecular weight is 515 g/mol. The second-order valence-electron chi connectivity index (χ2n) is 7.35. The highest BCUT2D eigenvalue weighted by Gasteiger charge is 2.26. The number of esters is 1. The van der Waals surface area contributed by atoms with Crippen molar-refractivity contribution in [3.8, 4) is 10.6 Å². The standard InChI is InChI=1S/C24H22N2O5S3/c1-4-31-24(28)20-14(3)19(22-25-17-11-6-7-12-18(17)32-22)23(33-20)26-21(27)15-9-8-10-16(13-15)34(29,30)5-2/h6-13H,4-5H2,1-3H3,(H,26,27). The van der Waals surface area contributed by atoms with E-state index in [1.165, 1.54) is 29.5 Å². The minimum Gasteiger partial charge on any atom is -0.462 e. The summed E-state index contributed by atoms with van der Waals surface area (Å²) in [4.78, 5) is 30.9. The van der Waals surface area contributed by atoms with Gasteiger partial charge in [0.05, 0.1) is 27.5 Å². The molecule has 0 unspecified atom stereocenters. The molecule has 0 bridgehead atoms. The highest BCUT2D eigenvalue weighted by Crippen LogP contribution is 2.43. The van der Waals surface area contributed by atoms with E-state index in [9.17, 15) is 18.0 Å². The molecule has 0 spiro atoms. The topological polar surface area (TPSA) is 102 Å². The summed E-state index contributed by atoms with van der Waals surface area (Å²) in [6.07, 6.45) is 0. The molecule has 176 valence electrons. The number of hydrogen-bond acceptors (Lipinski definition) is 8. The number of carbonyl (C=O) groups is 2. The van der Waals surface area contributed by atoms with E-state index in [1.807, 2.05) is 24.3 Å². The van der Waals surface area contributed by atoms with Gasteiger partial charge in [0.2, 0.25) is 0 Å². The maximum absolute atomic E-state index is 13.1. The molecule has 4 rings (SSSR count). The molecule has 0 fully saturated rings. The molecule has 4 aromatic rings. The SMILES string of the molecule is CCOC(=O)c1sc(NC(=O)c2cccc(S(=O)(=O)CC)c2)c(-c2nc3ccccc3s2)c1C. The molecule has 0 aliphatic heterocycles. The molecule has 34 heavy (non-hydrogen) atoms. The lowest BCUT2D eigenvalue weighted by atomic mass is 10.1. The highest BCUT2D eigenvalue weighted by molar-refractivity contribution is 7.91. The van der Waals surface area contributed by atoms with Gasteiger partial charge < -0.3 is 10.1 Å². The number of benzene rings is 2. The van der Waals surface area contributed by atoms with Crippen LogP contribution in [0.5, 0.6) is 0 Å². The van der Waals surface area contributed by atoms with Gasteiger partial charge in [0, 0.05) is 11.1 Å². The fraction of sp³-hybridized carbons (Fsp3) is 0.208. The first-order chi connectivity index (χ1) is 16.2. The van der Waals surface area contributed by atoms with Gasteiger partial charge in [-0.05, 0) is 49.7 Å². The third kappa shape index (κ3) is 4.61. The van der Waals surface area contributed by atoms with E-state index in [1.54, 1.807) is 26.8 Å². The third-order valence-corrected chi connectivity index (χ3v) is 9.15. The molecule has 2 aromatic carbocycles. The van der Waals surface area contributed by atoms with E-state index in [4.69, 9.17) is 9.72 Å². The summed E-state index contributed by atoms with van der Waals surface area (Å²) in [6, 6.07) is 13.6. The van der Waals surface area contributed by atoms with Crippen molar-refractivity contribution >= 4 is 59.6 Å². The Kier molecular flexibility index (Phi) is 6.83. The number of thiazole rings is 1. The maximum atomic E-state index is 13.1. The number of rotatable bonds is 7. The molecule has 2 heterocycles. The van der Waals surface area contributed by atoms with Gasteiger partial charge in [-0.25, -0.2) is 18.2 Å². The van der Waals surface area contributed by atoms with Gasteiger partial charge in [-0.3, -0.25) is 4.79 Å². The Hall–Kier alpha value is -3.08. The van der Waals surface area contributed by atoms with Crippen LogP contribution in [0.2, 0.25) is 0 Å². The smallest absolute Gasteiger partial charge is 0.348 e. The van der Waals surface area contributed by atoms with Crippen molar-refractivity contribution in [1.29, 1.82) is 0 Å². The Bertz CT molecular complexity index is 1470. The largest absolute Gasteiger partial charge is 0.462 e.